The molecule has 0 spiro atoms. The number of hydrogen-bond acceptors (Lipinski definition) is 4. The minimum Gasteiger partial charge on any atom is -0.397 e. The second kappa shape index (κ2) is 5.29. The monoisotopic (exact) mass is 273 g/mol. The number of nitrogens with zero attached hydrogens (tertiary/aromatic N) is 2. The first-order valence-corrected chi connectivity index (χ1v) is 6.79. The van der Waals surface area contributed by atoms with Crippen molar-refractivity contribution in [2.75, 3.05) is 12.8 Å². The van der Waals surface area contributed by atoms with Crippen molar-refractivity contribution < 1.29 is 4.79 Å². The quantitative estimate of drug-likeness (QED) is 0.934. The number of amides is 1. The molecular formula is C14H15N3OS. The summed E-state index contributed by atoms with van der Waals surface area (Å²) in [6.45, 7) is 1.85. The predicted octanol–water partition coefficient (Wildman–Crippen LogP) is 2.86. The van der Waals surface area contributed by atoms with E-state index in [2.05, 4.69) is 6.07 Å². The van der Waals surface area contributed by atoms with E-state index in [0.717, 1.165) is 10.1 Å². The van der Waals surface area contributed by atoms with Gasteiger partial charge in [-0.15, -0.1) is 11.3 Å². The topological polar surface area (TPSA) is 70.1 Å². The fraction of sp³-hybridized carbons (Fsp3) is 0.286. The van der Waals surface area contributed by atoms with Crippen molar-refractivity contribution in [2.24, 2.45) is 0 Å². The van der Waals surface area contributed by atoms with Crippen LogP contribution in [0.3, 0.4) is 0 Å². The highest BCUT2D eigenvalue weighted by atomic mass is 32.1. The molecule has 0 saturated carbocycles. The Bertz CT molecular complexity index is 656. The van der Waals surface area contributed by atoms with Crippen LogP contribution in [-0.2, 0) is 0 Å². The third kappa shape index (κ3) is 2.40. The van der Waals surface area contributed by atoms with E-state index in [1.54, 1.807) is 11.9 Å². The smallest absolute Gasteiger partial charge is 0.266 e. The number of benzene rings is 1. The SMILES string of the molecule is CC(CC#N)N(C)C(=O)c1sc2ccccc2c1N. The number of rotatable bonds is 3. The molecule has 0 fully saturated rings. The van der Waals surface area contributed by atoms with Crippen molar-refractivity contribution in [1.82, 2.24) is 4.90 Å². The molecule has 19 heavy (non-hydrogen) atoms. The molecule has 2 rings (SSSR count). The largest absolute Gasteiger partial charge is 0.397 e. The summed E-state index contributed by atoms with van der Waals surface area (Å²) in [4.78, 5) is 14.5. The summed E-state index contributed by atoms with van der Waals surface area (Å²) < 4.78 is 1.00. The van der Waals surface area contributed by atoms with Gasteiger partial charge in [-0.2, -0.15) is 5.26 Å². The number of fused-ring (bicyclic) bond motifs is 1. The highest BCUT2D eigenvalue weighted by Crippen LogP contribution is 2.34. The van der Waals surface area contributed by atoms with E-state index < -0.39 is 0 Å². The van der Waals surface area contributed by atoms with Crippen LogP contribution in [0.1, 0.15) is 23.0 Å². The molecule has 0 radical (unpaired) electrons. The summed E-state index contributed by atoms with van der Waals surface area (Å²) in [7, 11) is 1.70. The number of nitrogens with two attached hydrogens (primary N) is 1. The molecule has 98 valence electrons. The Morgan fingerprint density at radius 3 is 2.84 bits per heavy atom. The summed E-state index contributed by atoms with van der Waals surface area (Å²) in [6.07, 6.45) is 0.313. The molecular weight excluding hydrogens is 258 g/mol. The minimum atomic E-state index is -0.124. The molecule has 1 aromatic heterocycles. The third-order valence-corrected chi connectivity index (χ3v) is 4.37. The van der Waals surface area contributed by atoms with Crippen LogP contribution in [0, 0.1) is 11.3 Å². The van der Waals surface area contributed by atoms with Crippen molar-refractivity contribution in [3.05, 3.63) is 29.1 Å². The van der Waals surface area contributed by atoms with Crippen LogP contribution in [-0.4, -0.2) is 23.9 Å². The Morgan fingerprint density at radius 1 is 1.53 bits per heavy atom. The summed E-state index contributed by atoms with van der Waals surface area (Å²) >= 11 is 1.40. The zero-order valence-electron chi connectivity index (χ0n) is 10.9. The van der Waals surface area contributed by atoms with E-state index in [1.807, 2.05) is 31.2 Å². The van der Waals surface area contributed by atoms with Crippen LogP contribution in [0.2, 0.25) is 0 Å². The summed E-state index contributed by atoms with van der Waals surface area (Å²) in [6, 6.07) is 9.64. The van der Waals surface area contributed by atoms with Crippen LogP contribution in [0.25, 0.3) is 10.1 Å². The van der Waals surface area contributed by atoms with E-state index in [0.29, 0.717) is 17.0 Å². The number of hydrogen-bond donors (Lipinski definition) is 1. The van der Waals surface area contributed by atoms with E-state index in [4.69, 9.17) is 11.0 Å². The van der Waals surface area contributed by atoms with Crippen molar-refractivity contribution >= 4 is 33.0 Å². The zero-order chi connectivity index (χ0) is 14.0. The zero-order valence-corrected chi connectivity index (χ0v) is 11.7. The summed E-state index contributed by atoms with van der Waals surface area (Å²) in [5, 5.41) is 9.61. The first kappa shape index (κ1) is 13.4. The fourth-order valence-corrected chi connectivity index (χ4v) is 2.96. The second-order valence-corrected chi connectivity index (χ2v) is 5.52. The molecule has 0 aliphatic carbocycles. The van der Waals surface area contributed by atoms with Gasteiger partial charge in [0.15, 0.2) is 0 Å². The van der Waals surface area contributed by atoms with Gasteiger partial charge < -0.3 is 10.6 Å². The van der Waals surface area contributed by atoms with Crippen LogP contribution >= 0.6 is 11.3 Å². The highest BCUT2D eigenvalue weighted by Gasteiger charge is 2.22. The van der Waals surface area contributed by atoms with Gasteiger partial charge in [0, 0.05) is 23.2 Å². The van der Waals surface area contributed by atoms with Gasteiger partial charge >= 0.3 is 0 Å². The van der Waals surface area contributed by atoms with Crippen molar-refractivity contribution in [2.45, 2.75) is 19.4 Å². The average molecular weight is 273 g/mol. The Labute approximate surface area is 116 Å². The van der Waals surface area contributed by atoms with Crippen LogP contribution in [0.4, 0.5) is 5.69 Å². The van der Waals surface area contributed by atoms with Gasteiger partial charge in [-0.3, -0.25) is 4.79 Å². The van der Waals surface area contributed by atoms with E-state index in [-0.39, 0.29) is 11.9 Å². The van der Waals surface area contributed by atoms with E-state index in [9.17, 15) is 4.79 Å². The molecule has 1 atom stereocenters. The predicted molar refractivity (Wildman–Crippen MR) is 78.0 cm³/mol. The lowest BCUT2D eigenvalue weighted by Gasteiger charge is -2.22. The van der Waals surface area contributed by atoms with Gasteiger partial charge in [-0.1, -0.05) is 18.2 Å². The summed E-state index contributed by atoms with van der Waals surface area (Å²) in [5.74, 6) is -0.124. The highest BCUT2D eigenvalue weighted by molar-refractivity contribution is 7.21. The van der Waals surface area contributed by atoms with Gasteiger partial charge in [0.25, 0.3) is 5.91 Å². The van der Waals surface area contributed by atoms with Crippen LogP contribution in [0.15, 0.2) is 24.3 Å². The summed E-state index contributed by atoms with van der Waals surface area (Å²) in [5.41, 5.74) is 6.58. The molecule has 0 aliphatic heterocycles. The molecule has 2 N–H and O–H groups in total. The van der Waals surface area contributed by atoms with E-state index >= 15 is 0 Å². The molecule has 0 saturated heterocycles. The molecule has 1 aromatic carbocycles. The second-order valence-electron chi connectivity index (χ2n) is 4.47. The average Bonchev–Trinajstić information content (AvgIpc) is 2.75. The van der Waals surface area contributed by atoms with Crippen molar-refractivity contribution in [3.63, 3.8) is 0 Å². The van der Waals surface area contributed by atoms with Gasteiger partial charge in [0.05, 0.1) is 18.2 Å². The normalized spacial score (nSPS) is 12.1. The van der Waals surface area contributed by atoms with Crippen molar-refractivity contribution in [1.29, 1.82) is 5.26 Å². The lowest BCUT2D eigenvalue weighted by molar-refractivity contribution is 0.0752. The molecule has 1 heterocycles. The van der Waals surface area contributed by atoms with Gasteiger partial charge in [-0.25, -0.2) is 0 Å². The number of thiophene rings is 1. The molecule has 2 aromatic rings. The van der Waals surface area contributed by atoms with Crippen LogP contribution in [0.5, 0.6) is 0 Å². The number of anilines is 1. The van der Waals surface area contributed by atoms with Crippen LogP contribution < -0.4 is 5.73 Å². The number of carbonyl (C=O) groups excluding carboxylic acids is 1. The molecule has 1 amide bonds. The minimum absolute atomic E-state index is 0.123. The lowest BCUT2D eigenvalue weighted by atomic mass is 10.2. The first-order valence-electron chi connectivity index (χ1n) is 5.97. The van der Waals surface area contributed by atoms with Crippen molar-refractivity contribution in [3.8, 4) is 6.07 Å². The fourth-order valence-electron chi connectivity index (χ4n) is 1.85. The third-order valence-electron chi connectivity index (χ3n) is 3.20. The van der Waals surface area contributed by atoms with Gasteiger partial charge in [-0.05, 0) is 13.0 Å². The molecule has 4 nitrogen and oxygen atoms in total. The Balaban J connectivity index is 2.37. The Hall–Kier alpha value is -2.06. The standard InChI is InChI=1S/C14H15N3OS/c1-9(7-8-15)17(2)14(18)13-12(16)10-5-3-4-6-11(10)19-13/h3-6,9H,7,16H2,1-2H3. The maximum atomic E-state index is 12.4. The Kier molecular flexibility index (Phi) is 3.72. The van der Waals surface area contributed by atoms with E-state index in [1.165, 1.54) is 11.3 Å². The van der Waals surface area contributed by atoms with Gasteiger partial charge in [0.2, 0.25) is 0 Å². The molecule has 1 unspecified atom stereocenters. The number of nitrogen functional groups attached to an aromatic ring is 1. The maximum Gasteiger partial charge on any atom is 0.266 e. The maximum absolute atomic E-state index is 12.4. The number of nitriles is 1. The van der Waals surface area contributed by atoms with Gasteiger partial charge in [0.1, 0.15) is 4.88 Å². The lowest BCUT2D eigenvalue weighted by Crippen LogP contribution is -2.34. The number of carbonyl (C=O) groups is 1. The molecule has 0 bridgehead atoms. The molecule has 5 heteroatoms. The molecule has 0 aliphatic rings. The Morgan fingerprint density at radius 2 is 2.21 bits per heavy atom. The first-order chi connectivity index (χ1) is 9.06.